The smallest absolute Gasteiger partial charge is 0.225 e. The molecule has 1 aliphatic rings. The second-order valence-electron chi connectivity index (χ2n) is 3.55. The van der Waals surface area contributed by atoms with Crippen LogP contribution in [-0.4, -0.2) is 29.1 Å². The Hall–Kier alpha value is -0.870. The molecule has 76 valence electrons. The van der Waals surface area contributed by atoms with Crippen molar-refractivity contribution in [1.82, 2.24) is 9.97 Å². The molecule has 14 heavy (non-hydrogen) atoms. The van der Waals surface area contributed by atoms with Crippen molar-refractivity contribution in [3.63, 3.8) is 0 Å². The number of hydrogen-bond acceptors (Lipinski definition) is 4. The van der Waals surface area contributed by atoms with Crippen LogP contribution < -0.4 is 10.6 Å². The van der Waals surface area contributed by atoms with Crippen LogP contribution in [0.15, 0.2) is 12.4 Å². The predicted octanol–water partition coefficient (Wildman–Crippen LogP) is 1.06. The molecule has 1 atom stereocenters. The van der Waals surface area contributed by atoms with Crippen molar-refractivity contribution in [2.24, 2.45) is 5.73 Å². The van der Waals surface area contributed by atoms with Gasteiger partial charge in [-0.3, -0.25) is 0 Å². The zero-order chi connectivity index (χ0) is 9.97. The fourth-order valence-corrected chi connectivity index (χ4v) is 1.76. The van der Waals surface area contributed by atoms with Crippen LogP contribution >= 0.6 is 11.6 Å². The van der Waals surface area contributed by atoms with E-state index in [1.165, 1.54) is 0 Å². The molecule has 1 unspecified atom stereocenters. The van der Waals surface area contributed by atoms with Crippen LogP contribution in [0.2, 0.25) is 5.02 Å². The Labute approximate surface area is 88.1 Å². The number of nitrogens with two attached hydrogens (primary N) is 1. The lowest BCUT2D eigenvalue weighted by molar-refractivity contribution is 0.500. The maximum atomic E-state index is 5.87. The summed E-state index contributed by atoms with van der Waals surface area (Å²) in [6.45, 7) is 1.82. The van der Waals surface area contributed by atoms with E-state index in [0.717, 1.165) is 31.9 Å². The minimum absolute atomic E-state index is 0.239. The van der Waals surface area contributed by atoms with Crippen LogP contribution in [0.1, 0.15) is 12.8 Å². The highest BCUT2D eigenvalue weighted by atomic mass is 35.5. The Bertz CT molecular complexity index is 300. The highest BCUT2D eigenvalue weighted by molar-refractivity contribution is 6.30. The summed E-state index contributed by atoms with van der Waals surface area (Å²) in [6, 6.07) is 0.239. The lowest BCUT2D eigenvalue weighted by Gasteiger charge is -2.30. The molecule has 0 saturated carbocycles. The molecular weight excluding hydrogens is 200 g/mol. The Morgan fingerprint density at radius 1 is 1.43 bits per heavy atom. The minimum atomic E-state index is 0.239. The Morgan fingerprint density at radius 2 is 2.14 bits per heavy atom. The standard InChI is InChI=1S/C9H13ClN4/c10-7-4-12-9(13-5-7)14-3-1-2-8(11)6-14/h4-5,8H,1-3,6,11H2. The first-order valence-corrected chi connectivity index (χ1v) is 5.11. The predicted molar refractivity (Wildman–Crippen MR) is 56.5 cm³/mol. The van der Waals surface area contributed by atoms with Gasteiger partial charge in [-0.15, -0.1) is 0 Å². The van der Waals surface area contributed by atoms with Gasteiger partial charge in [0.2, 0.25) is 5.95 Å². The van der Waals surface area contributed by atoms with Crippen LogP contribution in [0.3, 0.4) is 0 Å². The van der Waals surface area contributed by atoms with Gasteiger partial charge in [0.25, 0.3) is 0 Å². The number of rotatable bonds is 1. The fourth-order valence-electron chi connectivity index (χ4n) is 1.66. The maximum absolute atomic E-state index is 5.87. The minimum Gasteiger partial charge on any atom is -0.339 e. The number of piperidine rings is 1. The summed E-state index contributed by atoms with van der Waals surface area (Å²) in [5.41, 5.74) is 5.87. The van der Waals surface area contributed by atoms with E-state index >= 15 is 0 Å². The lowest BCUT2D eigenvalue weighted by Crippen LogP contribution is -2.43. The quantitative estimate of drug-likeness (QED) is 0.757. The van der Waals surface area contributed by atoms with Gasteiger partial charge < -0.3 is 10.6 Å². The zero-order valence-electron chi connectivity index (χ0n) is 7.86. The number of aromatic nitrogens is 2. The van der Waals surface area contributed by atoms with Crippen molar-refractivity contribution in [2.75, 3.05) is 18.0 Å². The average Bonchev–Trinajstić information content (AvgIpc) is 2.19. The SMILES string of the molecule is NC1CCCN(c2ncc(Cl)cn2)C1. The highest BCUT2D eigenvalue weighted by Gasteiger charge is 2.18. The summed E-state index contributed by atoms with van der Waals surface area (Å²) in [4.78, 5) is 10.4. The maximum Gasteiger partial charge on any atom is 0.225 e. The van der Waals surface area contributed by atoms with Crippen molar-refractivity contribution in [3.05, 3.63) is 17.4 Å². The van der Waals surface area contributed by atoms with E-state index in [4.69, 9.17) is 17.3 Å². The van der Waals surface area contributed by atoms with Crippen LogP contribution in [0, 0.1) is 0 Å². The molecule has 2 N–H and O–H groups in total. The summed E-state index contributed by atoms with van der Waals surface area (Å²) >= 11 is 5.71. The highest BCUT2D eigenvalue weighted by Crippen LogP contribution is 2.15. The first-order valence-electron chi connectivity index (χ1n) is 4.74. The molecule has 1 saturated heterocycles. The van der Waals surface area contributed by atoms with E-state index < -0.39 is 0 Å². The molecule has 1 aliphatic heterocycles. The van der Waals surface area contributed by atoms with Crippen LogP contribution in [0.4, 0.5) is 5.95 Å². The van der Waals surface area contributed by atoms with Crippen molar-refractivity contribution < 1.29 is 0 Å². The van der Waals surface area contributed by atoms with Gasteiger partial charge in [0.1, 0.15) is 0 Å². The molecule has 5 heteroatoms. The number of hydrogen-bond donors (Lipinski definition) is 1. The van der Waals surface area contributed by atoms with Crippen LogP contribution in [-0.2, 0) is 0 Å². The number of anilines is 1. The Morgan fingerprint density at radius 3 is 2.79 bits per heavy atom. The third kappa shape index (κ3) is 2.13. The number of halogens is 1. The van der Waals surface area contributed by atoms with E-state index in [1.54, 1.807) is 12.4 Å². The molecule has 0 bridgehead atoms. The summed E-state index contributed by atoms with van der Waals surface area (Å²) in [7, 11) is 0. The van der Waals surface area contributed by atoms with Gasteiger partial charge in [0.15, 0.2) is 0 Å². The molecule has 4 nitrogen and oxygen atoms in total. The second kappa shape index (κ2) is 4.11. The van der Waals surface area contributed by atoms with Crippen molar-refractivity contribution >= 4 is 17.5 Å². The lowest BCUT2D eigenvalue weighted by atomic mass is 10.1. The van der Waals surface area contributed by atoms with E-state index in [-0.39, 0.29) is 6.04 Å². The molecule has 1 aromatic rings. The molecule has 2 heterocycles. The third-order valence-corrected chi connectivity index (χ3v) is 2.54. The van der Waals surface area contributed by atoms with Gasteiger partial charge in [-0.2, -0.15) is 0 Å². The first kappa shape index (κ1) is 9.68. The fraction of sp³-hybridized carbons (Fsp3) is 0.556. The van der Waals surface area contributed by atoms with E-state index in [0.29, 0.717) is 5.02 Å². The first-order chi connectivity index (χ1) is 6.75. The van der Waals surface area contributed by atoms with Gasteiger partial charge in [-0.05, 0) is 12.8 Å². The summed E-state index contributed by atoms with van der Waals surface area (Å²) < 4.78 is 0. The third-order valence-electron chi connectivity index (χ3n) is 2.35. The monoisotopic (exact) mass is 212 g/mol. The Balaban J connectivity index is 2.10. The van der Waals surface area contributed by atoms with Crippen molar-refractivity contribution in [1.29, 1.82) is 0 Å². The molecule has 0 aromatic carbocycles. The average molecular weight is 213 g/mol. The van der Waals surface area contributed by atoms with Gasteiger partial charge >= 0.3 is 0 Å². The molecule has 0 spiro atoms. The van der Waals surface area contributed by atoms with Crippen LogP contribution in [0.25, 0.3) is 0 Å². The molecule has 0 amide bonds. The van der Waals surface area contributed by atoms with E-state index in [1.807, 2.05) is 0 Å². The summed E-state index contributed by atoms with van der Waals surface area (Å²) in [6.07, 6.45) is 5.42. The molecule has 1 aromatic heterocycles. The van der Waals surface area contributed by atoms with Gasteiger partial charge in [0.05, 0.1) is 17.4 Å². The van der Waals surface area contributed by atoms with Crippen molar-refractivity contribution in [2.45, 2.75) is 18.9 Å². The molecule has 0 radical (unpaired) electrons. The van der Waals surface area contributed by atoms with Gasteiger partial charge in [-0.25, -0.2) is 9.97 Å². The molecule has 0 aliphatic carbocycles. The normalized spacial score (nSPS) is 22.4. The van der Waals surface area contributed by atoms with E-state index in [9.17, 15) is 0 Å². The number of nitrogens with zero attached hydrogens (tertiary/aromatic N) is 3. The van der Waals surface area contributed by atoms with Crippen molar-refractivity contribution in [3.8, 4) is 0 Å². The zero-order valence-corrected chi connectivity index (χ0v) is 8.61. The van der Waals surface area contributed by atoms with Gasteiger partial charge in [-0.1, -0.05) is 11.6 Å². The molecule has 1 fully saturated rings. The van der Waals surface area contributed by atoms with Crippen LogP contribution in [0.5, 0.6) is 0 Å². The van der Waals surface area contributed by atoms with Gasteiger partial charge in [0, 0.05) is 19.1 Å². The summed E-state index contributed by atoms with van der Waals surface area (Å²) in [5, 5.41) is 0.565. The molecular formula is C9H13ClN4. The topological polar surface area (TPSA) is 55.0 Å². The largest absolute Gasteiger partial charge is 0.339 e. The summed E-state index contributed by atoms with van der Waals surface area (Å²) in [5.74, 6) is 0.726. The molecule has 2 rings (SSSR count). The Kier molecular flexibility index (Phi) is 2.84. The second-order valence-corrected chi connectivity index (χ2v) is 3.99. The van der Waals surface area contributed by atoms with E-state index in [2.05, 4.69) is 14.9 Å².